The van der Waals surface area contributed by atoms with Gasteiger partial charge in [-0.1, -0.05) is 41.9 Å². The van der Waals surface area contributed by atoms with Crippen molar-refractivity contribution in [2.45, 2.75) is 0 Å². The third-order valence-corrected chi connectivity index (χ3v) is 3.56. The molecule has 3 rings (SSSR count). The van der Waals surface area contributed by atoms with Crippen LogP contribution < -0.4 is 5.73 Å². The zero-order valence-corrected chi connectivity index (χ0v) is 11.9. The number of carbonyl (C=O) groups is 1. The van der Waals surface area contributed by atoms with Gasteiger partial charge in [0.2, 0.25) is 0 Å². The molecule has 4 heteroatoms. The van der Waals surface area contributed by atoms with Crippen molar-refractivity contribution in [3.8, 4) is 16.9 Å². The third-order valence-electron chi connectivity index (χ3n) is 3.30. The number of carbonyl (C=O) groups excluding carboxylic acids is 1. The van der Waals surface area contributed by atoms with Crippen molar-refractivity contribution in [2.24, 2.45) is 5.73 Å². The highest BCUT2D eigenvalue weighted by Gasteiger charge is 2.16. The second-order valence-electron chi connectivity index (χ2n) is 4.65. The smallest absolute Gasteiger partial charge is 0.250 e. The van der Waals surface area contributed by atoms with E-state index < -0.39 is 5.91 Å². The van der Waals surface area contributed by atoms with Crippen molar-refractivity contribution in [1.82, 2.24) is 4.57 Å². The van der Waals surface area contributed by atoms with E-state index in [1.165, 1.54) is 0 Å². The lowest BCUT2D eigenvalue weighted by molar-refractivity contribution is 0.100. The highest BCUT2D eigenvalue weighted by Crippen LogP contribution is 2.28. The quantitative estimate of drug-likeness (QED) is 0.783. The zero-order valence-electron chi connectivity index (χ0n) is 11.2. The monoisotopic (exact) mass is 296 g/mol. The van der Waals surface area contributed by atoms with E-state index in [0.29, 0.717) is 10.6 Å². The predicted octanol–water partition coefficient (Wildman–Crippen LogP) is 3.90. The second kappa shape index (κ2) is 5.46. The molecule has 3 nitrogen and oxygen atoms in total. The Bertz CT molecular complexity index is 776. The number of nitrogens with two attached hydrogens (primary N) is 1. The van der Waals surface area contributed by atoms with Gasteiger partial charge in [0.25, 0.3) is 5.91 Å². The van der Waals surface area contributed by atoms with Gasteiger partial charge in [-0.2, -0.15) is 0 Å². The number of primary amides is 1. The lowest BCUT2D eigenvalue weighted by Crippen LogP contribution is -2.12. The van der Waals surface area contributed by atoms with Gasteiger partial charge in [0, 0.05) is 16.9 Å². The summed E-state index contributed by atoms with van der Waals surface area (Å²) in [6, 6.07) is 18.9. The molecule has 1 amide bonds. The molecular formula is C17H13ClN2O. The zero-order chi connectivity index (χ0) is 14.8. The number of benzene rings is 2. The minimum Gasteiger partial charge on any atom is -0.366 e. The van der Waals surface area contributed by atoms with Gasteiger partial charge in [0.15, 0.2) is 0 Å². The van der Waals surface area contributed by atoms with E-state index in [4.69, 9.17) is 17.3 Å². The Morgan fingerprint density at radius 3 is 2.24 bits per heavy atom. The summed E-state index contributed by atoms with van der Waals surface area (Å²) in [5.74, 6) is -0.443. The van der Waals surface area contributed by atoms with Crippen LogP contribution >= 0.6 is 11.6 Å². The minimum absolute atomic E-state index is 0.443. The maximum Gasteiger partial charge on any atom is 0.250 e. The molecule has 0 bridgehead atoms. The first kappa shape index (κ1) is 13.5. The first-order valence-electron chi connectivity index (χ1n) is 6.49. The molecule has 104 valence electrons. The summed E-state index contributed by atoms with van der Waals surface area (Å²) in [4.78, 5) is 11.7. The predicted molar refractivity (Wildman–Crippen MR) is 84.7 cm³/mol. The standard InChI is InChI=1S/C17H13ClN2O/c18-13-6-8-14(9-7-13)20-11-10-15(17(19)21)16(20)12-4-2-1-3-5-12/h1-11H,(H2,19,21). The molecule has 1 aromatic heterocycles. The van der Waals surface area contributed by atoms with Crippen LogP contribution in [-0.4, -0.2) is 10.5 Å². The summed E-state index contributed by atoms with van der Waals surface area (Å²) in [5, 5.41) is 0.669. The summed E-state index contributed by atoms with van der Waals surface area (Å²) in [5.41, 5.74) is 8.63. The molecule has 0 saturated carbocycles. The van der Waals surface area contributed by atoms with Crippen LogP contribution in [0.5, 0.6) is 0 Å². The normalized spacial score (nSPS) is 10.5. The molecule has 1 heterocycles. The molecule has 0 aliphatic carbocycles. The van der Waals surface area contributed by atoms with Crippen LogP contribution in [0.15, 0.2) is 66.9 Å². The van der Waals surface area contributed by atoms with Crippen LogP contribution in [-0.2, 0) is 0 Å². The molecule has 21 heavy (non-hydrogen) atoms. The van der Waals surface area contributed by atoms with Crippen LogP contribution in [0.3, 0.4) is 0 Å². The largest absolute Gasteiger partial charge is 0.366 e. The van der Waals surface area contributed by atoms with Crippen molar-refractivity contribution in [1.29, 1.82) is 0 Å². The van der Waals surface area contributed by atoms with E-state index in [1.54, 1.807) is 6.07 Å². The fourth-order valence-electron chi connectivity index (χ4n) is 2.34. The lowest BCUT2D eigenvalue weighted by atomic mass is 10.1. The highest BCUT2D eigenvalue weighted by molar-refractivity contribution is 6.30. The Hall–Kier alpha value is -2.52. The molecular weight excluding hydrogens is 284 g/mol. The van der Waals surface area contributed by atoms with E-state index in [9.17, 15) is 4.79 Å². The number of hydrogen-bond acceptors (Lipinski definition) is 1. The first-order chi connectivity index (χ1) is 10.2. The lowest BCUT2D eigenvalue weighted by Gasteiger charge is -2.11. The molecule has 2 N–H and O–H groups in total. The van der Waals surface area contributed by atoms with Gasteiger partial charge in [0.1, 0.15) is 0 Å². The second-order valence-corrected chi connectivity index (χ2v) is 5.09. The SMILES string of the molecule is NC(=O)c1ccn(-c2ccc(Cl)cc2)c1-c1ccccc1. The number of aromatic nitrogens is 1. The van der Waals surface area contributed by atoms with Gasteiger partial charge in [-0.15, -0.1) is 0 Å². The number of amides is 1. The molecule has 2 aromatic carbocycles. The van der Waals surface area contributed by atoms with E-state index in [2.05, 4.69) is 0 Å². The van der Waals surface area contributed by atoms with Gasteiger partial charge in [-0.3, -0.25) is 4.79 Å². The maximum absolute atomic E-state index is 11.7. The Balaban J connectivity index is 2.22. The summed E-state index contributed by atoms with van der Waals surface area (Å²) < 4.78 is 1.94. The van der Waals surface area contributed by atoms with Crippen LogP contribution in [0, 0.1) is 0 Å². The van der Waals surface area contributed by atoms with Gasteiger partial charge >= 0.3 is 0 Å². The average Bonchev–Trinajstić information content (AvgIpc) is 2.94. The number of nitrogens with zero attached hydrogens (tertiary/aromatic N) is 1. The van der Waals surface area contributed by atoms with E-state index in [-0.39, 0.29) is 0 Å². The molecule has 0 atom stereocenters. The van der Waals surface area contributed by atoms with Crippen molar-refractivity contribution in [3.05, 3.63) is 77.4 Å². The van der Waals surface area contributed by atoms with Gasteiger partial charge in [0.05, 0.1) is 11.3 Å². The molecule has 0 aliphatic rings. The fraction of sp³-hybridized carbons (Fsp3) is 0. The molecule has 0 unspecified atom stereocenters. The summed E-state index contributed by atoms with van der Waals surface area (Å²) in [6.45, 7) is 0. The van der Waals surface area contributed by atoms with Crippen molar-refractivity contribution >= 4 is 17.5 Å². The number of rotatable bonds is 3. The first-order valence-corrected chi connectivity index (χ1v) is 6.87. The fourth-order valence-corrected chi connectivity index (χ4v) is 2.46. The molecule has 3 aromatic rings. The van der Waals surface area contributed by atoms with E-state index >= 15 is 0 Å². The number of hydrogen-bond donors (Lipinski definition) is 1. The summed E-state index contributed by atoms with van der Waals surface area (Å²) in [7, 11) is 0. The van der Waals surface area contributed by atoms with Crippen molar-refractivity contribution in [3.63, 3.8) is 0 Å². The Kier molecular flexibility index (Phi) is 3.50. The molecule has 0 radical (unpaired) electrons. The van der Waals surface area contributed by atoms with Crippen LogP contribution in [0.1, 0.15) is 10.4 Å². The van der Waals surface area contributed by atoms with E-state index in [1.807, 2.05) is 65.4 Å². The van der Waals surface area contributed by atoms with E-state index in [0.717, 1.165) is 16.9 Å². The third kappa shape index (κ3) is 2.56. The van der Waals surface area contributed by atoms with Gasteiger partial charge < -0.3 is 10.3 Å². The highest BCUT2D eigenvalue weighted by atomic mass is 35.5. The minimum atomic E-state index is -0.443. The Labute approximate surface area is 127 Å². The van der Waals surface area contributed by atoms with Crippen LogP contribution in [0.4, 0.5) is 0 Å². The van der Waals surface area contributed by atoms with Crippen molar-refractivity contribution in [2.75, 3.05) is 0 Å². The van der Waals surface area contributed by atoms with Crippen molar-refractivity contribution < 1.29 is 4.79 Å². The number of halogens is 1. The molecule has 0 saturated heterocycles. The average molecular weight is 297 g/mol. The van der Waals surface area contributed by atoms with Crippen LogP contribution in [0.25, 0.3) is 16.9 Å². The maximum atomic E-state index is 11.7. The molecule has 0 spiro atoms. The van der Waals surface area contributed by atoms with Gasteiger partial charge in [-0.05, 0) is 35.9 Å². The van der Waals surface area contributed by atoms with Crippen LogP contribution in [0.2, 0.25) is 5.02 Å². The molecule has 0 aliphatic heterocycles. The topological polar surface area (TPSA) is 48.0 Å². The Morgan fingerprint density at radius 1 is 0.952 bits per heavy atom. The van der Waals surface area contributed by atoms with Gasteiger partial charge in [-0.25, -0.2) is 0 Å². The summed E-state index contributed by atoms with van der Waals surface area (Å²) >= 11 is 5.93. The Morgan fingerprint density at radius 2 is 1.62 bits per heavy atom. The molecule has 0 fully saturated rings. The summed E-state index contributed by atoms with van der Waals surface area (Å²) in [6.07, 6.45) is 1.84.